The Morgan fingerprint density at radius 3 is 2.95 bits per heavy atom. The van der Waals surface area contributed by atoms with Crippen LogP contribution in [-0.4, -0.2) is 39.3 Å². The lowest BCUT2D eigenvalue weighted by atomic mass is 9.97. The Kier molecular flexibility index (Phi) is 4.81. The summed E-state index contributed by atoms with van der Waals surface area (Å²) in [5, 5.41) is 21.5. The van der Waals surface area contributed by atoms with Gasteiger partial charge in [0, 0.05) is 19.3 Å². The van der Waals surface area contributed by atoms with E-state index in [2.05, 4.69) is 15.3 Å². The van der Waals surface area contributed by atoms with Gasteiger partial charge in [0.05, 0.1) is 5.69 Å². The van der Waals surface area contributed by atoms with Crippen molar-refractivity contribution in [1.29, 1.82) is 0 Å². The van der Waals surface area contributed by atoms with Crippen molar-refractivity contribution in [2.75, 3.05) is 13.2 Å². The number of nitrogens with one attached hydrogen (secondary N) is 1. The summed E-state index contributed by atoms with van der Waals surface area (Å²) in [7, 11) is 0. The lowest BCUT2D eigenvalue weighted by molar-refractivity contribution is 0.0694. The average Bonchev–Trinajstić information content (AvgIpc) is 2.86. The SMILES string of the molecule is O=C(O)c1cncnc1CNCC1CCCC1CO. The highest BCUT2D eigenvalue weighted by Crippen LogP contribution is 2.30. The summed E-state index contributed by atoms with van der Waals surface area (Å²) in [5.74, 6) is -0.163. The molecule has 0 aliphatic heterocycles. The zero-order valence-electron chi connectivity index (χ0n) is 10.7. The van der Waals surface area contributed by atoms with Gasteiger partial charge in [-0.1, -0.05) is 6.42 Å². The predicted molar refractivity (Wildman–Crippen MR) is 68.6 cm³/mol. The first-order chi connectivity index (χ1) is 9.22. The Hall–Kier alpha value is -1.53. The number of hydrogen-bond acceptors (Lipinski definition) is 5. The highest BCUT2D eigenvalue weighted by molar-refractivity contribution is 5.88. The summed E-state index contributed by atoms with van der Waals surface area (Å²) in [6.07, 6.45) is 6.03. The quantitative estimate of drug-likeness (QED) is 0.700. The molecule has 1 aromatic heterocycles. The highest BCUT2D eigenvalue weighted by Gasteiger charge is 2.26. The van der Waals surface area contributed by atoms with Gasteiger partial charge in [0.2, 0.25) is 0 Å². The summed E-state index contributed by atoms with van der Waals surface area (Å²) >= 11 is 0. The summed E-state index contributed by atoms with van der Waals surface area (Å²) in [5.41, 5.74) is 0.640. The maximum Gasteiger partial charge on any atom is 0.339 e. The Morgan fingerprint density at radius 2 is 2.21 bits per heavy atom. The van der Waals surface area contributed by atoms with Gasteiger partial charge >= 0.3 is 5.97 Å². The number of aromatic carboxylic acids is 1. The van der Waals surface area contributed by atoms with Crippen LogP contribution in [0.25, 0.3) is 0 Å². The number of aliphatic hydroxyl groups is 1. The maximum atomic E-state index is 11.0. The van der Waals surface area contributed by atoms with Gasteiger partial charge < -0.3 is 15.5 Å². The van der Waals surface area contributed by atoms with Crippen LogP contribution < -0.4 is 5.32 Å². The molecule has 1 saturated carbocycles. The van der Waals surface area contributed by atoms with Crippen LogP contribution in [0.5, 0.6) is 0 Å². The third-order valence-electron chi connectivity index (χ3n) is 3.78. The molecule has 1 aliphatic rings. The molecule has 0 spiro atoms. The molecular weight excluding hydrogens is 246 g/mol. The highest BCUT2D eigenvalue weighted by atomic mass is 16.4. The minimum Gasteiger partial charge on any atom is -0.478 e. The van der Waals surface area contributed by atoms with E-state index in [0.717, 1.165) is 25.8 Å². The monoisotopic (exact) mass is 265 g/mol. The summed E-state index contributed by atoms with van der Waals surface area (Å²) in [6, 6.07) is 0. The second kappa shape index (κ2) is 6.58. The van der Waals surface area contributed by atoms with E-state index in [-0.39, 0.29) is 12.2 Å². The van der Waals surface area contributed by atoms with Crippen molar-refractivity contribution in [2.45, 2.75) is 25.8 Å². The third kappa shape index (κ3) is 3.48. The minimum atomic E-state index is -1.01. The van der Waals surface area contributed by atoms with Crippen LogP contribution in [0.15, 0.2) is 12.5 Å². The van der Waals surface area contributed by atoms with Crippen LogP contribution in [0, 0.1) is 11.8 Å². The number of carbonyl (C=O) groups is 1. The van der Waals surface area contributed by atoms with Crippen molar-refractivity contribution < 1.29 is 15.0 Å². The Labute approximate surface area is 111 Å². The number of aromatic nitrogens is 2. The van der Waals surface area contributed by atoms with Gasteiger partial charge in [-0.05, 0) is 31.2 Å². The van der Waals surface area contributed by atoms with Gasteiger partial charge in [-0.25, -0.2) is 14.8 Å². The van der Waals surface area contributed by atoms with Crippen LogP contribution in [0.1, 0.15) is 35.3 Å². The molecule has 1 heterocycles. The van der Waals surface area contributed by atoms with Crippen LogP contribution >= 0.6 is 0 Å². The van der Waals surface area contributed by atoms with Gasteiger partial charge in [-0.15, -0.1) is 0 Å². The number of hydrogen-bond donors (Lipinski definition) is 3. The lowest BCUT2D eigenvalue weighted by Crippen LogP contribution is -2.27. The van der Waals surface area contributed by atoms with Crippen molar-refractivity contribution in [1.82, 2.24) is 15.3 Å². The molecule has 0 radical (unpaired) electrons. The van der Waals surface area contributed by atoms with E-state index in [1.165, 1.54) is 12.5 Å². The zero-order valence-corrected chi connectivity index (χ0v) is 10.7. The second-order valence-electron chi connectivity index (χ2n) is 4.95. The first kappa shape index (κ1) is 13.9. The molecule has 1 aliphatic carbocycles. The normalized spacial score (nSPS) is 22.6. The Morgan fingerprint density at radius 1 is 1.42 bits per heavy atom. The topological polar surface area (TPSA) is 95.3 Å². The van der Waals surface area contributed by atoms with Crippen molar-refractivity contribution in [3.8, 4) is 0 Å². The molecule has 0 bridgehead atoms. The van der Waals surface area contributed by atoms with E-state index in [9.17, 15) is 9.90 Å². The molecule has 1 fully saturated rings. The first-order valence-electron chi connectivity index (χ1n) is 6.56. The molecule has 2 unspecified atom stereocenters. The van der Waals surface area contributed by atoms with Crippen LogP contribution in [0.4, 0.5) is 0 Å². The molecule has 3 N–H and O–H groups in total. The Bertz CT molecular complexity index is 439. The van der Waals surface area contributed by atoms with Crippen LogP contribution in [0.3, 0.4) is 0 Å². The number of carboxylic acids is 1. The van der Waals surface area contributed by atoms with E-state index in [1.54, 1.807) is 0 Å². The van der Waals surface area contributed by atoms with Crippen molar-refractivity contribution in [3.63, 3.8) is 0 Å². The number of nitrogens with zero attached hydrogens (tertiary/aromatic N) is 2. The third-order valence-corrected chi connectivity index (χ3v) is 3.78. The van der Waals surface area contributed by atoms with E-state index >= 15 is 0 Å². The van der Waals surface area contributed by atoms with Gasteiger partial charge in [-0.3, -0.25) is 0 Å². The lowest BCUT2D eigenvalue weighted by Gasteiger charge is -2.17. The van der Waals surface area contributed by atoms with Crippen LogP contribution in [0.2, 0.25) is 0 Å². The molecule has 2 rings (SSSR count). The minimum absolute atomic E-state index is 0.139. The standard InChI is InChI=1S/C13H19N3O3/c17-7-10-3-1-2-9(10)4-14-6-12-11(13(18)19)5-15-8-16-12/h5,8-10,14,17H,1-4,6-7H2,(H,18,19). The van der Waals surface area contributed by atoms with E-state index < -0.39 is 5.97 Å². The largest absolute Gasteiger partial charge is 0.478 e. The second-order valence-corrected chi connectivity index (χ2v) is 4.95. The van der Waals surface area contributed by atoms with E-state index in [4.69, 9.17) is 5.11 Å². The van der Waals surface area contributed by atoms with E-state index in [1.807, 2.05) is 0 Å². The molecule has 0 amide bonds. The fourth-order valence-electron chi connectivity index (χ4n) is 2.67. The fourth-order valence-corrected chi connectivity index (χ4v) is 2.67. The smallest absolute Gasteiger partial charge is 0.339 e. The Balaban J connectivity index is 1.87. The van der Waals surface area contributed by atoms with Crippen molar-refractivity contribution >= 4 is 5.97 Å². The fraction of sp³-hybridized carbons (Fsp3) is 0.615. The summed E-state index contributed by atoms with van der Waals surface area (Å²) in [6.45, 7) is 1.44. The number of aliphatic hydroxyl groups excluding tert-OH is 1. The van der Waals surface area contributed by atoms with Crippen molar-refractivity contribution in [3.05, 3.63) is 23.8 Å². The molecular formula is C13H19N3O3. The molecule has 104 valence electrons. The molecule has 1 aromatic rings. The summed E-state index contributed by atoms with van der Waals surface area (Å²) in [4.78, 5) is 18.7. The molecule has 6 nitrogen and oxygen atoms in total. The van der Waals surface area contributed by atoms with Gasteiger partial charge in [0.1, 0.15) is 11.9 Å². The summed E-state index contributed by atoms with van der Waals surface area (Å²) < 4.78 is 0. The molecule has 0 saturated heterocycles. The number of rotatable bonds is 6. The predicted octanol–water partition coefficient (Wildman–Crippen LogP) is 0.673. The van der Waals surface area contributed by atoms with Gasteiger partial charge in [-0.2, -0.15) is 0 Å². The average molecular weight is 265 g/mol. The molecule has 2 atom stereocenters. The molecule has 19 heavy (non-hydrogen) atoms. The maximum absolute atomic E-state index is 11.0. The van der Waals surface area contributed by atoms with E-state index in [0.29, 0.717) is 24.1 Å². The first-order valence-corrected chi connectivity index (χ1v) is 6.56. The van der Waals surface area contributed by atoms with Crippen molar-refractivity contribution in [2.24, 2.45) is 11.8 Å². The molecule has 6 heteroatoms. The molecule has 0 aromatic carbocycles. The number of carboxylic acid groups (broad SMARTS) is 1. The van der Waals surface area contributed by atoms with Gasteiger partial charge in [0.15, 0.2) is 0 Å². The zero-order chi connectivity index (χ0) is 13.7. The van der Waals surface area contributed by atoms with Gasteiger partial charge in [0.25, 0.3) is 0 Å². The van der Waals surface area contributed by atoms with Crippen LogP contribution in [-0.2, 0) is 6.54 Å².